The molecule has 23 heavy (non-hydrogen) atoms. The second-order valence-electron chi connectivity index (χ2n) is 5.97. The van der Waals surface area contributed by atoms with Gasteiger partial charge in [0.15, 0.2) is 0 Å². The van der Waals surface area contributed by atoms with E-state index in [0.29, 0.717) is 19.6 Å². The van der Waals surface area contributed by atoms with Gasteiger partial charge in [0.2, 0.25) is 11.8 Å². The second kappa shape index (κ2) is 8.67. The number of hydrogen-bond donors (Lipinski definition) is 1. The van der Waals surface area contributed by atoms with Crippen LogP contribution in [-0.2, 0) is 20.7 Å². The molecule has 0 aliphatic carbocycles. The number of carbonyl (C=O) groups is 2. The van der Waals surface area contributed by atoms with Crippen LogP contribution in [0.15, 0.2) is 30.3 Å². The molecule has 1 fully saturated rings. The maximum absolute atomic E-state index is 11.8. The molecular weight excluding hydrogens is 292 g/mol. The first-order chi connectivity index (χ1) is 11.1. The van der Waals surface area contributed by atoms with E-state index >= 15 is 0 Å². The predicted molar refractivity (Wildman–Crippen MR) is 89.0 cm³/mol. The van der Waals surface area contributed by atoms with Crippen molar-refractivity contribution < 1.29 is 14.3 Å². The molecular formula is C18H26N2O3. The predicted octanol–water partition coefficient (Wildman–Crippen LogP) is 1.76. The molecule has 0 aromatic heterocycles. The molecule has 0 spiro atoms. The zero-order valence-electron chi connectivity index (χ0n) is 14.0. The van der Waals surface area contributed by atoms with Crippen molar-refractivity contribution in [2.75, 3.05) is 20.2 Å². The fourth-order valence-corrected chi connectivity index (χ4v) is 3.01. The first kappa shape index (κ1) is 17.5. The fraction of sp³-hybridized carbons (Fsp3) is 0.556. The molecule has 1 aromatic rings. The summed E-state index contributed by atoms with van der Waals surface area (Å²) in [5.74, 6) is -0.191. The first-order valence-corrected chi connectivity index (χ1v) is 8.26. The van der Waals surface area contributed by atoms with Crippen molar-refractivity contribution in [3.8, 4) is 0 Å². The van der Waals surface area contributed by atoms with Crippen LogP contribution in [0.4, 0.5) is 0 Å². The van der Waals surface area contributed by atoms with Gasteiger partial charge in [0.05, 0.1) is 6.10 Å². The molecule has 1 saturated heterocycles. The van der Waals surface area contributed by atoms with Crippen molar-refractivity contribution in [2.45, 2.75) is 44.8 Å². The molecule has 126 valence electrons. The van der Waals surface area contributed by atoms with E-state index in [9.17, 15) is 9.59 Å². The molecule has 0 saturated carbocycles. The average Bonchev–Trinajstić information content (AvgIpc) is 2.99. The van der Waals surface area contributed by atoms with E-state index in [4.69, 9.17) is 4.74 Å². The summed E-state index contributed by atoms with van der Waals surface area (Å²) in [7, 11) is 1.60. The Bertz CT molecular complexity index is 518. The molecule has 1 aliphatic heterocycles. The fourth-order valence-electron chi connectivity index (χ4n) is 3.01. The van der Waals surface area contributed by atoms with Crippen LogP contribution < -0.4 is 5.32 Å². The molecule has 0 unspecified atom stereocenters. The van der Waals surface area contributed by atoms with Crippen molar-refractivity contribution in [2.24, 2.45) is 0 Å². The Morgan fingerprint density at radius 3 is 2.65 bits per heavy atom. The molecule has 2 atom stereocenters. The third kappa shape index (κ3) is 5.06. The second-order valence-corrected chi connectivity index (χ2v) is 5.97. The summed E-state index contributed by atoms with van der Waals surface area (Å²) in [5.41, 5.74) is 1.34. The highest BCUT2D eigenvalue weighted by atomic mass is 16.5. The highest BCUT2D eigenvalue weighted by Crippen LogP contribution is 2.21. The zero-order valence-corrected chi connectivity index (χ0v) is 14.0. The lowest BCUT2D eigenvalue weighted by Gasteiger charge is -2.21. The largest absolute Gasteiger partial charge is 0.376 e. The number of unbranched alkanes of at least 4 members (excludes halogenated alkanes) is 1. The topological polar surface area (TPSA) is 58.6 Å². The summed E-state index contributed by atoms with van der Waals surface area (Å²) in [6.45, 7) is 2.67. The van der Waals surface area contributed by atoms with Crippen molar-refractivity contribution in [1.29, 1.82) is 0 Å². The van der Waals surface area contributed by atoms with Gasteiger partial charge in [-0.05, 0) is 24.8 Å². The van der Waals surface area contributed by atoms with E-state index < -0.39 is 6.04 Å². The van der Waals surface area contributed by atoms with Crippen LogP contribution >= 0.6 is 0 Å². The van der Waals surface area contributed by atoms with Crippen LogP contribution in [0.2, 0.25) is 0 Å². The van der Waals surface area contributed by atoms with Gasteiger partial charge < -0.3 is 15.0 Å². The van der Waals surface area contributed by atoms with Gasteiger partial charge in [0.1, 0.15) is 6.04 Å². The number of hydrogen-bond acceptors (Lipinski definition) is 3. The summed E-state index contributed by atoms with van der Waals surface area (Å²) in [6.07, 6.45) is 3.65. The molecule has 0 radical (unpaired) electrons. The number of aryl methyl sites for hydroxylation is 1. The third-order valence-electron chi connectivity index (χ3n) is 4.27. The minimum Gasteiger partial charge on any atom is -0.376 e. The van der Waals surface area contributed by atoms with E-state index in [0.717, 1.165) is 19.3 Å². The lowest BCUT2D eigenvalue weighted by molar-refractivity contribution is -0.136. The van der Waals surface area contributed by atoms with Gasteiger partial charge in [-0.1, -0.05) is 30.3 Å². The molecule has 1 N–H and O–H groups in total. The number of nitrogens with one attached hydrogen (secondary N) is 1. The Kier molecular flexibility index (Phi) is 6.59. The van der Waals surface area contributed by atoms with Crippen LogP contribution in [0.25, 0.3) is 0 Å². The number of nitrogens with zero attached hydrogens (tertiary/aromatic N) is 1. The maximum atomic E-state index is 11.8. The molecule has 5 heteroatoms. The van der Waals surface area contributed by atoms with E-state index in [2.05, 4.69) is 29.6 Å². The number of likely N-dealkylation sites (tertiary alicyclic amines) is 1. The van der Waals surface area contributed by atoms with E-state index in [1.807, 2.05) is 6.07 Å². The number of rotatable bonds is 7. The Morgan fingerprint density at radius 2 is 2.00 bits per heavy atom. The normalized spacial score (nSPS) is 20.5. The lowest BCUT2D eigenvalue weighted by atomic mass is 10.1. The molecule has 2 amide bonds. The highest BCUT2D eigenvalue weighted by Gasteiger charge is 2.38. The zero-order chi connectivity index (χ0) is 16.7. The van der Waals surface area contributed by atoms with Gasteiger partial charge in [-0.25, -0.2) is 0 Å². The number of ether oxygens (including phenoxy) is 1. The van der Waals surface area contributed by atoms with Gasteiger partial charge in [-0.15, -0.1) is 0 Å². The van der Waals surface area contributed by atoms with Gasteiger partial charge >= 0.3 is 0 Å². The quantitative estimate of drug-likeness (QED) is 0.779. The van der Waals surface area contributed by atoms with E-state index in [-0.39, 0.29) is 17.9 Å². The Labute approximate surface area is 138 Å². The Hall–Kier alpha value is -1.88. The summed E-state index contributed by atoms with van der Waals surface area (Å²) >= 11 is 0. The lowest BCUT2D eigenvalue weighted by Crippen LogP contribution is -2.44. The minimum absolute atomic E-state index is 0.0436. The van der Waals surface area contributed by atoms with Gasteiger partial charge in [0, 0.05) is 33.5 Å². The number of likely N-dealkylation sites (N-methyl/N-ethyl adjacent to an activating group) is 1. The van der Waals surface area contributed by atoms with Crippen molar-refractivity contribution in [3.63, 3.8) is 0 Å². The van der Waals surface area contributed by atoms with Gasteiger partial charge in [-0.2, -0.15) is 0 Å². The van der Waals surface area contributed by atoms with Gasteiger partial charge in [-0.3, -0.25) is 9.59 Å². The number of amides is 2. The summed E-state index contributed by atoms with van der Waals surface area (Å²) in [5, 5.41) is 2.62. The van der Waals surface area contributed by atoms with Crippen LogP contribution in [0.5, 0.6) is 0 Å². The van der Waals surface area contributed by atoms with Crippen LogP contribution in [-0.4, -0.2) is 49.1 Å². The minimum atomic E-state index is -0.396. The van der Waals surface area contributed by atoms with Crippen LogP contribution in [0.3, 0.4) is 0 Å². The SMILES string of the molecule is CNC(=O)[C@@H]1C[C@H](OCCCCc2ccccc2)CN1C(C)=O. The first-order valence-electron chi connectivity index (χ1n) is 8.26. The molecule has 1 heterocycles. The third-order valence-corrected chi connectivity index (χ3v) is 4.27. The highest BCUT2D eigenvalue weighted by molar-refractivity contribution is 5.87. The summed E-state index contributed by atoms with van der Waals surface area (Å²) < 4.78 is 5.87. The Morgan fingerprint density at radius 1 is 1.26 bits per heavy atom. The summed E-state index contributed by atoms with van der Waals surface area (Å²) in [6, 6.07) is 10.0. The van der Waals surface area contributed by atoms with Crippen LogP contribution in [0, 0.1) is 0 Å². The van der Waals surface area contributed by atoms with E-state index in [1.54, 1.807) is 11.9 Å². The number of benzene rings is 1. The number of carbonyl (C=O) groups excluding carboxylic acids is 2. The molecule has 2 rings (SSSR count). The van der Waals surface area contributed by atoms with E-state index in [1.165, 1.54) is 12.5 Å². The van der Waals surface area contributed by atoms with Crippen molar-refractivity contribution in [1.82, 2.24) is 10.2 Å². The summed E-state index contributed by atoms with van der Waals surface area (Å²) in [4.78, 5) is 25.1. The van der Waals surface area contributed by atoms with Crippen molar-refractivity contribution >= 4 is 11.8 Å². The smallest absolute Gasteiger partial charge is 0.242 e. The van der Waals surface area contributed by atoms with Gasteiger partial charge in [0.25, 0.3) is 0 Å². The monoisotopic (exact) mass is 318 g/mol. The van der Waals surface area contributed by atoms with Crippen molar-refractivity contribution in [3.05, 3.63) is 35.9 Å². The molecule has 1 aliphatic rings. The average molecular weight is 318 g/mol. The van der Waals surface area contributed by atoms with Crippen LogP contribution in [0.1, 0.15) is 31.7 Å². The molecule has 0 bridgehead atoms. The Balaban J connectivity index is 1.70. The molecule has 5 nitrogen and oxygen atoms in total. The molecule has 1 aromatic carbocycles. The standard InChI is InChI=1S/C18H26N2O3/c1-14(21)20-13-16(12-17(20)18(22)19-2)23-11-7-6-10-15-8-4-3-5-9-15/h3-5,8-9,16-17H,6-7,10-13H2,1-2H3,(H,19,22)/t16-,17-/m0/s1. The maximum Gasteiger partial charge on any atom is 0.242 e.